The highest BCUT2D eigenvalue weighted by Crippen LogP contribution is 2.22. The SMILES string of the molecule is N#Cc1ccc(COC(=O)Cc2ccc(NS(=O)(=O)c3ccc4ccccc4c3)cc2)cc1. The van der Waals surface area contributed by atoms with Crippen molar-refractivity contribution in [2.24, 2.45) is 0 Å². The third-order valence-electron chi connectivity index (χ3n) is 5.07. The molecule has 1 N–H and O–H groups in total. The molecule has 0 aliphatic heterocycles. The summed E-state index contributed by atoms with van der Waals surface area (Å²) < 4.78 is 33.4. The van der Waals surface area contributed by atoms with E-state index in [1.807, 2.05) is 30.3 Å². The van der Waals surface area contributed by atoms with Gasteiger partial charge in [-0.2, -0.15) is 5.26 Å². The van der Waals surface area contributed by atoms with E-state index in [4.69, 9.17) is 10.00 Å². The van der Waals surface area contributed by atoms with Gasteiger partial charge in [-0.15, -0.1) is 0 Å². The first-order valence-electron chi connectivity index (χ1n) is 10.2. The molecule has 0 saturated heterocycles. The van der Waals surface area contributed by atoms with Crippen LogP contribution in [0.25, 0.3) is 10.8 Å². The van der Waals surface area contributed by atoms with Crippen molar-refractivity contribution in [2.45, 2.75) is 17.9 Å². The lowest BCUT2D eigenvalue weighted by Crippen LogP contribution is -2.13. The Morgan fingerprint density at radius 2 is 1.52 bits per heavy atom. The van der Waals surface area contributed by atoms with Gasteiger partial charge in [-0.25, -0.2) is 8.42 Å². The van der Waals surface area contributed by atoms with Gasteiger partial charge in [-0.3, -0.25) is 9.52 Å². The number of hydrogen-bond acceptors (Lipinski definition) is 5. The van der Waals surface area contributed by atoms with Gasteiger partial charge < -0.3 is 4.74 Å². The summed E-state index contributed by atoms with van der Waals surface area (Å²) >= 11 is 0. The monoisotopic (exact) mass is 456 g/mol. The Labute approximate surface area is 192 Å². The minimum Gasteiger partial charge on any atom is -0.461 e. The van der Waals surface area contributed by atoms with Gasteiger partial charge in [0.05, 0.1) is 22.9 Å². The number of carbonyl (C=O) groups is 1. The summed E-state index contributed by atoms with van der Waals surface area (Å²) in [5.41, 5.74) is 2.44. The van der Waals surface area contributed by atoms with Gasteiger partial charge in [0.1, 0.15) is 6.61 Å². The molecule has 0 atom stereocenters. The zero-order valence-electron chi connectivity index (χ0n) is 17.6. The number of carbonyl (C=O) groups excluding carboxylic acids is 1. The van der Waals surface area contributed by atoms with E-state index in [9.17, 15) is 13.2 Å². The van der Waals surface area contributed by atoms with Crippen LogP contribution in [0.15, 0.2) is 95.9 Å². The smallest absolute Gasteiger partial charge is 0.310 e. The van der Waals surface area contributed by atoms with Crippen molar-refractivity contribution in [2.75, 3.05) is 4.72 Å². The van der Waals surface area contributed by atoms with E-state index in [-0.39, 0.29) is 17.9 Å². The van der Waals surface area contributed by atoms with Gasteiger partial charge in [0.15, 0.2) is 0 Å². The Hall–Kier alpha value is -4.15. The molecule has 0 amide bonds. The molecule has 0 fully saturated rings. The van der Waals surface area contributed by atoms with Crippen LogP contribution in [0.2, 0.25) is 0 Å². The van der Waals surface area contributed by atoms with Crippen molar-refractivity contribution in [3.63, 3.8) is 0 Å². The summed E-state index contributed by atoms with van der Waals surface area (Å²) in [6.45, 7) is 0.119. The number of esters is 1. The summed E-state index contributed by atoms with van der Waals surface area (Å²) in [6, 6.07) is 28.0. The summed E-state index contributed by atoms with van der Waals surface area (Å²) in [5, 5.41) is 10.6. The molecule has 164 valence electrons. The Morgan fingerprint density at radius 1 is 0.848 bits per heavy atom. The van der Waals surface area contributed by atoms with E-state index in [1.54, 1.807) is 66.7 Å². The third-order valence-corrected chi connectivity index (χ3v) is 6.45. The number of benzene rings is 4. The quantitative estimate of drug-likeness (QED) is 0.403. The number of fused-ring (bicyclic) bond motifs is 1. The van der Waals surface area contributed by atoms with Crippen molar-refractivity contribution in [3.8, 4) is 6.07 Å². The topological polar surface area (TPSA) is 96.3 Å². The molecule has 0 spiro atoms. The zero-order chi connectivity index (χ0) is 23.3. The van der Waals surface area contributed by atoms with Crippen LogP contribution < -0.4 is 4.72 Å². The highest BCUT2D eigenvalue weighted by atomic mass is 32.2. The molecule has 7 heteroatoms. The predicted octanol–water partition coefficient (Wildman–Crippen LogP) is 4.80. The van der Waals surface area contributed by atoms with E-state index in [0.29, 0.717) is 16.8 Å². The highest BCUT2D eigenvalue weighted by Gasteiger charge is 2.15. The standard InChI is InChI=1S/C26H20N2O4S/c27-17-20-5-7-21(8-6-20)18-32-26(29)15-19-9-12-24(13-10-19)28-33(30,31)25-14-11-22-3-1-2-4-23(22)16-25/h1-14,16,28H,15,18H2. The first-order chi connectivity index (χ1) is 15.9. The summed E-state index contributed by atoms with van der Waals surface area (Å²) in [6.07, 6.45) is 0.0635. The molecule has 0 unspecified atom stereocenters. The normalized spacial score (nSPS) is 11.0. The molecule has 0 radical (unpaired) electrons. The molecule has 0 aliphatic rings. The first kappa shape index (κ1) is 22.1. The lowest BCUT2D eigenvalue weighted by molar-refractivity contribution is -0.144. The summed E-state index contributed by atoms with van der Waals surface area (Å²) in [4.78, 5) is 12.3. The van der Waals surface area contributed by atoms with E-state index in [2.05, 4.69) is 4.72 Å². The number of sulfonamides is 1. The number of rotatable bonds is 7. The maximum absolute atomic E-state index is 12.8. The maximum Gasteiger partial charge on any atom is 0.310 e. The van der Waals surface area contributed by atoms with Crippen molar-refractivity contribution < 1.29 is 17.9 Å². The van der Waals surface area contributed by atoms with Gasteiger partial charge in [0.2, 0.25) is 0 Å². The second kappa shape index (κ2) is 9.55. The van der Waals surface area contributed by atoms with Gasteiger partial charge in [-0.05, 0) is 58.3 Å². The second-order valence-electron chi connectivity index (χ2n) is 7.46. The van der Waals surface area contributed by atoms with Crippen LogP contribution in [-0.2, 0) is 32.6 Å². The van der Waals surface area contributed by atoms with Crippen LogP contribution in [0.3, 0.4) is 0 Å². The molecule has 4 rings (SSSR count). The Bertz CT molecular complexity index is 1440. The number of hydrogen-bond donors (Lipinski definition) is 1. The van der Waals surface area contributed by atoms with E-state index in [1.165, 1.54) is 0 Å². The number of nitrogens with one attached hydrogen (secondary N) is 1. The molecule has 0 saturated carbocycles. The zero-order valence-corrected chi connectivity index (χ0v) is 18.4. The molecule has 0 aliphatic carbocycles. The molecular weight excluding hydrogens is 436 g/mol. The lowest BCUT2D eigenvalue weighted by Gasteiger charge is -2.10. The number of ether oxygens (including phenoxy) is 1. The van der Waals surface area contributed by atoms with Crippen LogP contribution in [0.5, 0.6) is 0 Å². The molecule has 4 aromatic rings. The van der Waals surface area contributed by atoms with Gasteiger partial charge in [0.25, 0.3) is 10.0 Å². The fraction of sp³-hybridized carbons (Fsp3) is 0.0769. The van der Waals surface area contributed by atoms with Crippen LogP contribution in [0, 0.1) is 11.3 Å². The number of anilines is 1. The molecule has 0 aromatic heterocycles. The van der Waals surface area contributed by atoms with Crippen LogP contribution in [0.1, 0.15) is 16.7 Å². The molecule has 4 aromatic carbocycles. The summed E-state index contributed by atoms with van der Waals surface area (Å²) in [7, 11) is -3.75. The van der Waals surface area contributed by atoms with Crippen molar-refractivity contribution in [3.05, 3.63) is 108 Å². The van der Waals surface area contributed by atoms with Gasteiger partial charge in [-0.1, -0.05) is 54.6 Å². The van der Waals surface area contributed by atoms with Crippen LogP contribution in [-0.4, -0.2) is 14.4 Å². The fourth-order valence-electron chi connectivity index (χ4n) is 3.30. The fourth-order valence-corrected chi connectivity index (χ4v) is 4.39. The minimum absolute atomic E-state index is 0.0635. The number of nitriles is 1. The summed E-state index contributed by atoms with van der Waals surface area (Å²) in [5.74, 6) is -0.399. The molecule has 6 nitrogen and oxygen atoms in total. The Morgan fingerprint density at radius 3 is 2.21 bits per heavy atom. The predicted molar refractivity (Wildman–Crippen MR) is 126 cm³/mol. The van der Waals surface area contributed by atoms with Crippen molar-refractivity contribution >= 4 is 32.5 Å². The molecular formula is C26H20N2O4S. The van der Waals surface area contributed by atoms with Gasteiger partial charge >= 0.3 is 5.97 Å². The van der Waals surface area contributed by atoms with E-state index in [0.717, 1.165) is 16.3 Å². The Kier molecular flexibility index (Phi) is 6.38. The first-order valence-corrected chi connectivity index (χ1v) is 11.7. The molecule has 33 heavy (non-hydrogen) atoms. The molecule has 0 heterocycles. The number of nitrogens with zero attached hydrogens (tertiary/aromatic N) is 1. The van der Waals surface area contributed by atoms with E-state index >= 15 is 0 Å². The third kappa shape index (κ3) is 5.56. The van der Waals surface area contributed by atoms with Crippen LogP contribution in [0.4, 0.5) is 5.69 Å². The largest absolute Gasteiger partial charge is 0.461 e. The van der Waals surface area contributed by atoms with Crippen LogP contribution >= 0.6 is 0 Å². The highest BCUT2D eigenvalue weighted by molar-refractivity contribution is 7.92. The second-order valence-corrected chi connectivity index (χ2v) is 9.14. The van der Waals surface area contributed by atoms with Crippen molar-refractivity contribution in [1.82, 2.24) is 0 Å². The Balaban J connectivity index is 1.36. The maximum atomic E-state index is 12.8. The average molecular weight is 457 g/mol. The minimum atomic E-state index is -3.75. The van der Waals surface area contributed by atoms with Gasteiger partial charge in [0, 0.05) is 5.69 Å². The molecule has 0 bridgehead atoms. The van der Waals surface area contributed by atoms with Crippen molar-refractivity contribution in [1.29, 1.82) is 5.26 Å². The average Bonchev–Trinajstić information content (AvgIpc) is 2.84. The van der Waals surface area contributed by atoms with E-state index < -0.39 is 16.0 Å². The lowest BCUT2D eigenvalue weighted by atomic mass is 10.1.